The number of hydrogen-bond donors (Lipinski definition) is 1. The smallest absolute Gasteiger partial charge is 0.230 e. The molecule has 22 heavy (non-hydrogen) atoms. The molecule has 0 aliphatic carbocycles. The third-order valence-corrected chi connectivity index (χ3v) is 4.02. The highest BCUT2D eigenvalue weighted by Crippen LogP contribution is 2.12. The number of benzene rings is 1. The van der Waals surface area contributed by atoms with Gasteiger partial charge in [0.15, 0.2) is 0 Å². The van der Waals surface area contributed by atoms with Gasteiger partial charge in [-0.2, -0.15) is 5.26 Å². The fourth-order valence-electron chi connectivity index (χ4n) is 1.74. The van der Waals surface area contributed by atoms with Crippen molar-refractivity contribution in [2.24, 2.45) is 0 Å². The maximum Gasteiger partial charge on any atom is 0.230 e. The van der Waals surface area contributed by atoms with E-state index in [-0.39, 0.29) is 5.91 Å². The van der Waals surface area contributed by atoms with Gasteiger partial charge in [-0.15, -0.1) is 11.8 Å². The van der Waals surface area contributed by atoms with E-state index in [1.807, 2.05) is 12.1 Å². The molecule has 4 nitrogen and oxygen atoms in total. The molecule has 1 amide bonds. The van der Waals surface area contributed by atoms with Gasteiger partial charge in [-0.3, -0.25) is 4.79 Å². The van der Waals surface area contributed by atoms with Crippen LogP contribution in [0.25, 0.3) is 0 Å². The molecule has 0 bridgehead atoms. The van der Waals surface area contributed by atoms with Crippen LogP contribution in [0.15, 0.2) is 24.3 Å². The minimum Gasteiger partial charge on any atom is -0.381 e. The summed E-state index contributed by atoms with van der Waals surface area (Å²) in [7, 11) is 0. The van der Waals surface area contributed by atoms with E-state index in [2.05, 4.69) is 18.3 Å². The van der Waals surface area contributed by atoms with Gasteiger partial charge in [0, 0.05) is 25.5 Å². The van der Waals surface area contributed by atoms with E-state index in [9.17, 15) is 4.79 Å². The first-order valence-corrected chi connectivity index (χ1v) is 8.83. The molecule has 0 atom stereocenters. The highest BCUT2D eigenvalue weighted by Gasteiger charge is 2.02. The number of nitrogens with zero attached hydrogens (tertiary/aromatic N) is 1. The van der Waals surface area contributed by atoms with Crippen LogP contribution in [0.1, 0.15) is 37.3 Å². The highest BCUT2D eigenvalue weighted by atomic mass is 32.2. The summed E-state index contributed by atoms with van der Waals surface area (Å²) in [5.74, 6) is 1.29. The van der Waals surface area contributed by atoms with Gasteiger partial charge in [0.1, 0.15) is 0 Å². The predicted molar refractivity (Wildman–Crippen MR) is 90.7 cm³/mol. The lowest BCUT2D eigenvalue weighted by atomic mass is 10.2. The number of carbonyl (C=O) groups is 1. The van der Waals surface area contributed by atoms with Gasteiger partial charge in [-0.25, -0.2) is 0 Å². The summed E-state index contributed by atoms with van der Waals surface area (Å²) in [6.45, 7) is 4.32. The number of hydrogen-bond acceptors (Lipinski definition) is 4. The van der Waals surface area contributed by atoms with Crippen molar-refractivity contribution in [2.75, 3.05) is 25.5 Å². The number of unbranched alkanes of at least 4 members (excludes halogenated alkanes) is 1. The average Bonchev–Trinajstić information content (AvgIpc) is 2.54. The van der Waals surface area contributed by atoms with Crippen molar-refractivity contribution in [2.45, 2.75) is 31.9 Å². The molecule has 1 rings (SSSR count). The lowest BCUT2D eigenvalue weighted by Crippen LogP contribution is -2.27. The van der Waals surface area contributed by atoms with Crippen LogP contribution >= 0.6 is 11.8 Å². The zero-order valence-corrected chi connectivity index (χ0v) is 14.0. The van der Waals surface area contributed by atoms with Crippen molar-refractivity contribution < 1.29 is 9.53 Å². The maximum absolute atomic E-state index is 11.7. The molecule has 0 heterocycles. The van der Waals surface area contributed by atoms with Crippen LogP contribution in [-0.4, -0.2) is 31.4 Å². The van der Waals surface area contributed by atoms with Crippen LogP contribution in [0, 0.1) is 11.3 Å². The number of amides is 1. The SMILES string of the molecule is CCCCOCCCNC(=O)CSCc1ccc(C#N)cc1. The summed E-state index contributed by atoms with van der Waals surface area (Å²) in [6, 6.07) is 9.55. The van der Waals surface area contributed by atoms with Crippen LogP contribution in [0.5, 0.6) is 0 Å². The summed E-state index contributed by atoms with van der Waals surface area (Å²) in [5, 5.41) is 11.6. The van der Waals surface area contributed by atoms with E-state index in [1.165, 1.54) is 0 Å². The van der Waals surface area contributed by atoms with Gasteiger partial charge >= 0.3 is 0 Å². The average molecular weight is 320 g/mol. The molecule has 0 aliphatic rings. The van der Waals surface area contributed by atoms with Crippen molar-refractivity contribution >= 4 is 17.7 Å². The van der Waals surface area contributed by atoms with E-state index >= 15 is 0 Å². The fourth-order valence-corrected chi connectivity index (χ4v) is 2.56. The molecule has 1 N–H and O–H groups in total. The minimum atomic E-state index is 0.0622. The lowest BCUT2D eigenvalue weighted by molar-refractivity contribution is -0.118. The minimum absolute atomic E-state index is 0.0622. The van der Waals surface area contributed by atoms with Crippen LogP contribution in [-0.2, 0) is 15.3 Å². The van der Waals surface area contributed by atoms with Crippen LogP contribution in [0.2, 0.25) is 0 Å². The van der Waals surface area contributed by atoms with Crippen LogP contribution in [0.3, 0.4) is 0 Å². The molecule has 0 unspecified atom stereocenters. The predicted octanol–water partition coefficient (Wildman–Crippen LogP) is 3.11. The third kappa shape index (κ3) is 8.71. The molecule has 0 saturated carbocycles. The molecule has 0 spiro atoms. The standard InChI is InChI=1S/C17H24N2O2S/c1-2-3-10-21-11-4-9-19-17(20)14-22-13-16-7-5-15(12-18)6-8-16/h5-8H,2-4,9-11,13-14H2,1H3,(H,19,20). The highest BCUT2D eigenvalue weighted by molar-refractivity contribution is 7.99. The number of ether oxygens (including phenoxy) is 1. The molecular formula is C17H24N2O2S. The second-order valence-corrected chi connectivity index (χ2v) is 5.96. The molecule has 1 aromatic carbocycles. The van der Waals surface area contributed by atoms with Crippen molar-refractivity contribution in [1.82, 2.24) is 5.32 Å². The first-order valence-electron chi connectivity index (χ1n) is 7.67. The van der Waals surface area contributed by atoms with Gasteiger partial charge < -0.3 is 10.1 Å². The first-order chi connectivity index (χ1) is 10.8. The first kappa shape index (κ1) is 18.5. The Morgan fingerprint density at radius 3 is 2.68 bits per heavy atom. The number of thioether (sulfide) groups is 1. The molecule has 0 saturated heterocycles. The Bertz CT molecular complexity index is 469. The van der Waals surface area contributed by atoms with Crippen molar-refractivity contribution in [3.05, 3.63) is 35.4 Å². The summed E-state index contributed by atoms with van der Waals surface area (Å²) < 4.78 is 5.43. The molecule has 0 fully saturated rings. The van der Waals surface area contributed by atoms with Gasteiger partial charge in [0.05, 0.1) is 17.4 Å². The van der Waals surface area contributed by atoms with Gasteiger partial charge in [-0.1, -0.05) is 25.5 Å². The van der Waals surface area contributed by atoms with E-state index < -0.39 is 0 Å². The molecule has 0 aliphatic heterocycles. The van der Waals surface area contributed by atoms with E-state index in [1.54, 1.807) is 23.9 Å². The lowest BCUT2D eigenvalue weighted by Gasteiger charge is -2.06. The molecular weight excluding hydrogens is 296 g/mol. The van der Waals surface area contributed by atoms with E-state index in [0.717, 1.165) is 37.2 Å². The Kier molecular flexibility index (Phi) is 10.2. The topological polar surface area (TPSA) is 62.1 Å². The summed E-state index contributed by atoms with van der Waals surface area (Å²) >= 11 is 1.58. The van der Waals surface area contributed by atoms with E-state index in [4.69, 9.17) is 10.00 Å². The normalized spacial score (nSPS) is 10.2. The number of nitrogens with one attached hydrogen (secondary N) is 1. The third-order valence-electron chi connectivity index (χ3n) is 3.01. The van der Waals surface area contributed by atoms with Crippen LogP contribution < -0.4 is 5.32 Å². The van der Waals surface area contributed by atoms with Crippen LogP contribution in [0.4, 0.5) is 0 Å². The second-order valence-electron chi connectivity index (χ2n) is 4.97. The largest absolute Gasteiger partial charge is 0.381 e. The molecule has 120 valence electrons. The zero-order chi connectivity index (χ0) is 16.0. The molecule has 1 aromatic rings. The fraction of sp³-hybridized carbons (Fsp3) is 0.529. The van der Waals surface area contributed by atoms with Crippen molar-refractivity contribution in [1.29, 1.82) is 5.26 Å². The summed E-state index contributed by atoms with van der Waals surface area (Å²) in [6.07, 6.45) is 3.10. The number of rotatable bonds is 11. The Morgan fingerprint density at radius 2 is 2.00 bits per heavy atom. The summed E-state index contributed by atoms with van der Waals surface area (Å²) in [5.41, 5.74) is 1.79. The molecule has 5 heteroatoms. The zero-order valence-electron chi connectivity index (χ0n) is 13.1. The van der Waals surface area contributed by atoms with Gasteiger partial charge in [-0.05, 0) is 30.5 Å². The summed E-state index contributed by atoms with van der Waals surface area (Å²) in [4.78, 5) is 11.7. The molecule has 0 aromatic heterocycles. The van der Waals surface area contributed by atoms with Crippen molar-refractivity contribution in [3.63, 3.8) is 0 Å². The monoisotopic (exact) mass is 320 g/mol. The molecule has 0 radical (unpaired) electrons. The Labute approximate surface area is 137 Å². The Hall–Kier alpha value is -1.51. The Morgan fingerprint density at radius 1 is 1.27 bits per heavy atom. The quantitative estimate of drug-likeness (QED) is 0.636. The number of carbonyl (C=O) groups excluding carboxylic acids is 1. The van der Waals surface area contributed by atoms with E-state index in [0.29, 0.717) is 24.5 Å². The second kappa shape index (κ2) is 12.1. The number of nitriles is 1. The Balaban J connectivity index is 2.02. The van der Waals surface area contributed by atoms with Crippen molar-refractivity contribution in [3.8, 4) is 6.07 Å². The maximum atomic E-state index is 11.7. The van der Waals surface area contributed by atoms with Gasteiger partial charge in [0.2, 0.25) is 5.91 Å². The van der Waals surface area contributed by atoms with Gasteiger partial charge in [0.25, 0.3) is 0 Å².